The third-order valence-electron chi connectivity index (χ3n) is 3.63. The molecule has 2 aromatic carbocycles. The molecule has 2 amide bonds. The first-order valence-corrected chi connectivity index (χ1v) is 7.75. The number of anilines is 2. The van der Waals surface area contributed by atoms with E-state index in [0.717, 1.165) is 16.5 Å². The van der Waals surface area contributed by atoms with Crippen LogP contribution in [-0.4, -0.2) is 29.1 Å². The van der Waals surface area contributed by atoms with E-state index < -0.39 is 11.8 Å². The number of fused-ring (bicyclic) bond motifs is 1. The summed E-state index contributed by atoms with van der Waals surface area (Å²) in [7, 11) is 1.45. The molecule has 0 saturated heterocycles. The number of aromatic nitrogens is 2. The fraction of sp³-hybridized carbons (Fsp3) is 0.118. The molecule has 3 aromatic rings. The molecule has 0 atom stereocenters. The SMILES string of the molecule is COc1cc(Cl)c(C)cc1NC(=O)C(=O)Nc1ccc2cn[nH]c2c1. The number of halogens is 1. The molecule has 1 heterocycles. The lowest BCUT2D eigenvalue weighted by molar-refractivity contribution is -0.133. The van der Waals surface area contributed by atoms with Crippen LogP contribution in [0.2, 0.25) is 5.02 Å². The van der Waals surface area contributed by atoms with Crippen LogP contribution in [0.3, 0.4) is 0 Å². The zero-order valence-corrected chi connectivity index (χ0v) is 14.3. The number of H-pyrrole nitrogens is 1. The summed E-state index contributed by atoms with van der Waals surface area (Å²) in [4.78, 5) is 24.3. The van der Waals surface area contributed by atoms with Crippen molar-refractivity contribution < 1.29 is 14.3 Å². The van der Waals surface area contributed by atoms with Gasteiger partial charge < -0.3 is 15.4 Å². The van der Waals surface area contributed by atoms with Crippen LogP contribution >= 0.6 is 11.6 Å². The van der Waals surface area contributed by atoms with Gasteiger partial charge >= 0.3 is 11.8 Å². The van der Waals surface area contributed by atoms with Gasteiger partial charge in [0.15, 0.2) is 0 Å². The maximum atomic E-state index is 12.2. The minimum atomic E-state index is -0.815. The zero-order valence-electron chi connectivity index (χ0n) is 13.5. The van der Waals surface area contributed by atoms with Crippen LogP contribution in [-0.2, 0) is 9.59 Å². The van der Waals surface area contributed by atoms with E-state index in [1.165, 1.54) is 7.11 Å². The Bertz CT molecular complexity index is 968. The number of aromatic amines is 1. The van der Waals surface area contributed by atoms with Gasteiger partial charge in [-0.05, 0) is 36.8 Å². The maximum Gasteiger partial charge on any atom is 0.314 e. The van der Waals surface area contributed by atoms with Crippen LogP contribution in [0.1, 0.15) is 5.56 Å². The van der Waals surface area contributed by atoms with Crippen LogP contribution < -0.4 is 15.4 Å². The van der Waals surface area contributed by atoms with E-state index in [4.69, 9.17) is 16.3 Å². The predicted octanol–water partition coefficient (Wildman–Crippen LogP) is 3.11. The van der Waals surface area contributed by atoms with Crippen LogP contribution in [0.4, 0.5) is 11.4 Å². The lowest BCUT2D eigenvalue weighted by atomic mass is 10.2. The van der Waals surface area contributed by atoms with Crippen molar-refractivity contribution in [3.8, 4) is 5.75 Å². The van der Waals surface area contributed by atoms with Crippen molar-refractivity contribution in [1.29, 1.82) is 0 Å². The van der Waals surface area contributed by atoms with Gasteiger partial charge in [-0.15, -0.1) is 0 Å². The third kappa shape index (κ3) is 3.56. The number of amides is 2. The first kappa shape index (κ1) is 16.8. The Morgan fingerprint density at radius 1 is 1.16 bits per heavy atom. The van der Waals surface area contributed by atoms with Crippen molar-refractivity contribution in [2.45, 2.75) is 6.92 Å². The molecule has 8 heteroatoms. The van der Waals surface area contributed by atoms with Crippen LogP contribution in [0.25, 0.3) is 10.9 Å². The molecule has 0 spiro atoms. The van der Waals surface area contributed by atoms with Crippen molar-refractivity contribution in [3.05, 3.63) is 47.1 Å². The molecule has 25 heavy (non-hydrogen) atoms. The van der Waals surface area contributed by atoms with E-state index in [2.05, 4.69) is 20.8 Å². The quantitative estimate of drug-likeness (QED) is 0.627. The molecule has 1 aromatic heterocycles. The lowest BCUT2D eigenvalue weighted by Crippen LogP contribution is -2.29. The van der Waals surface area contributed by atoms with Crippen LogP contribution in [0, 0.1) is 6.92 Å². The normalized spacial score (nSPS) is 10.5. The predicted molar refractivity (Wildman–Crippen MR) is 96.1 cm³/mol. The molecule has 0 bridgehead atoms. The summed E-state index contributed by atoms with van der Waals surface area (Å²) in [6.45, 7) is 1.79. The third-order valence-corrected chi connectivity index (χ3v) is 4.04. The number of methoxy groups -OCH3 is 1. The van der Waals surface area contributed by atoms with Crippen molar-refractivity contribution >= 4 is 45.7 Å². The number of carbonyl (C=O) groups is 2. The molecule has 7 nitrogen and oxygen atoms in total. The largest absolute Gasteiger partial charge is 0.495 e. The first-order chi connectivity index (χ1) is 12.0. The highest BCUT2D eigenvalue weighted by Crippen LogP contribution is 2.30. The molecule has 0 aliphatic heterocycles. The fourth-order valence-electron chi connectivity index (χ4n) is 2.31. The molecule has 3 rings (SSSR count). The molecule has 0 saturated carbocycles. The van der Waals surface area contributed by atoms with Crippen LogP contribution in [0.15, 0.2) is 36.5 Å². The highest BCUT2D eigenvalue weighted by atomic mass is 35.5. The summed E-state index contributed by atoms with van der Waals surface area (Å²) < 4.78 is 5.18. The summed E-state index contributed by atoms with van der Waals surface area (Å²) in [5.41, 5.74) is 2.36. The van der Waals surface area contributed by atoms with Gasteiger partial charge in [0.2, 0.25) is 0 Å². The lowest BCUT2D eigenvalue weighted by Gasteiger charge is -2.12. The second-order valence-corrected chi connectivity index (χ2v) is 5.79. The summed E-state index contributed by atoms with van der Waals surface area (Å²) in [5, 5.41) is 13.2. The minimum absolute atomic E-state index is 0.369. The molecule has 3 N–H and O–H groups in total. The van der Waals surface area contributed by atoms with Gasteiger partial charge in [0.1, 0.15) is 5.75 Å². The van der Waals surface area contributed by atoms with Gasteiger partial charge in [-0.2, -0.15) is 5.10 Å². The Labute approximate surface area is 148 Å². The summed E-state index contributed by atoms with van der Waals surface area (Å²) in [6, 6.07) is 8.40. The van der Waals surface area contributed by atoms with Gasteiger partial charge in [0, 0.05) is 22.2 Å². The molecule has 0 aliphatic rings. The molecule has 0 unspecified atom stereocenters. The van der Waals surface area contributed by atoms with Crippen molar-refractivity contribution in [2.75, 3.05) is 17.7 Å². The van der Waals surface area contributed by atoms with E-state index in [1.54, 1.807) is 43.5 Å². The Morgan fingerprint density at radius 3 is 2.68 bits per heavy atom. The van der Waals surface area contributed by atoms with Gasteiger partial charge in [-0.3, -0.25) is 14.7 Å². The highest BCUT2D eigenvalue weighted by Gasteiger charge is 2.17. The van der Waals surface area contributed by atoms with Crippen molar-refractivity contribution in [1.82, 2.24) is 10.2 Å². The zero-order chi connectivity index (χ0) is 18.0. The molecule has 0 fully saturated rings. The molecular weight excluding hydrogens is 344 g/mol. The Hall–Kier alpha value is -3.06. The average Bonchev–Trinajstić information content (AvgIpc) is 3.05. The first-order valence-electron chi connectivity index (χ1n) is 7.37. The van der Waals surface area contributed by atoms with Gasteiger partial charge in [-0.25, -0.2) is 0 Å². The number of nitrogens with one attached hydrogen (secondary N) is 3. The highest BCUT2D eigenvalue weighted by molar-refractivity contribution is 6.44. The van der Waals surface area contributed by atoms with Crippen molar-refractivity contribution in [3.63, 3.8) is 0 Å². The molecular formula is C17H15ClN4O3. The summed E-state index contributed by atoms with van der Waals surface area (Å²) >= 11 is 6.03. The molecule has 0 aliphatic carbocycles. The number of nitrogens with zero attached hydrogens (tertiary/aromatic N) is 1. The van der Waals surface area contributed by atoms with Gasteiger partial charge in [0.25, 0.3) is 0 Å². The number of rotatable bonds is 3. The number of benzene rings is 2. The van der Waals surface area contributed by atoms with Crippen LogP contribution in [0.5, 0.6) is 5.75 Å². The second-order valence-electron chi connectivity index (χ2n) is 5.38. The monoisotopic (exact) mass is 358 g/mol. The van der Waals surface area contributed by atoms with E-state index in [1.807, 2.05) is 0 Å². The molecule has 128 valence electrons. The number of hydrogen-bond acceptors (Lipinski definition) is 4. The van der Waals surface area contributed by atoms with Gasteiger partial charge in [-0.1, -0.05) is 11.6 Å². The Kier molecular flexibility index (Phi) is 4.58. The summed E-state index contributed by atoms with van der Waals surface area (Å²) in [5.74, 6) is -1.24. The van der Waals surface area contributed by atoms with Gasteiger partial charge in [0.05, 0.1) is 24.5 Å². The fourth-order valence-corrected chi connectivity index (χ4v) is 2.47. The number of hydrogen-bond donors (Lipinski definition) is 3. The molecule has 0 radical (unpaired) electrons. The van der Waals surface area contributed by atoms with E-state index in [0.29, 0.717) is 22.1 Å². The second kappa shape index (κ2) is 6.82. The smallest absolute Gasteiger partial charge is 0.314 e. The summed E-state index contributed by atoms with van der Waals surface area (Å²) in [6.07, 6.45) is 1.67. The Balaban J connectivity index is 1.74. The number of ether oxygens (including phenoxy) is 1. The van der Waals surface area contributed by atoms with Crippen molar-refractivity contribution in [2.24, 2.45) is 0 Å². The number of aryl methyl sites for hydroxylation is 1. The van der Waals surface area contributed by atoms with E-state index >= 15 is 0 Å². The maximum absolute atomic E-state index is 12.2. The number of carbonyl (C=O) groups excluding carboxylic acids is 2. The topological polar surface area (TPSA) is 96.1 Å². The Morgan fingerprint density at radius 2 is 1.92 bits per heavy atom. The van der Waals surface area contributed by atoms with E-state index in [-0.39, 0.29) is 0 Å². The average molecular weight is 359 g/mol. The van der Waals surface area contributed by atoms with E-state index in [9.17, 15) is 9.59 Å². The standard InChI is InChI=1S/C17H15ClN4O3/c1-9-5-14(15(25-2)7-12(9)18)21-17(24)16(23)20-11-4-3-10-8-19-22-13(10)6-11/h3-8H,1-2H3,(H,19,22)(H,20,23)(H,21,24). The minimum Gasteiger partial charge on any atom is -0.495 e.